The van der Waals surface area contributed by atoms with Crippen molar-refractivity contribution >= 4 is 47.3 Å². The Labute approximate surface area is 140 Å². The molecule has 2 aromatic rings. The highest BCUT2D eigenvalue weighted by Gasteiger charge is 2.21. The predicted molar refractivity (Wildman–Crippen MR) is 84.4 cm³/mol. The van der Waals surface area contributed by atoms with Crippen LogP contribution >= 0.6 is 38.2 Å². The van der Waals surface area contributed by atoms with Gasteiger partial charge in [0.25, 0.3) is 9.05 Å². The van der Waals surface area contributed by atoms with Gasteiger partial charge in [-0.3, -0.25) is 0 Å². The smallest absolute Gasteiger partial charge is 0.265 e. The maximum atomic E-state index is 11.6. The highest BCUT2D eigenvalue weighted by atomic mass is 79.9. The molecule has 114 valence electrons. The summed E-state index contributed by atoms with van der Waals surface area (Å²) in [5, 5.41) is 0.151. The summed E-state index contributed by atoms with van der Waals surface area (Å²) in [5.74, 6) is 0.676. The molecule has 0 unspecified atom stereocenters. The third-order valence-corrected chi connectivity index (χ3v) is 4.79. The molecule has 0 aliphatic heterocycles. The van der Waals surface area contributed by atoms with Crippen LogP contribution in [0.25, 0.3) is 0 Å². The number of hydrogen-bond donors (Lipinski definition) is 0. The molecule has 0 fully saturated rings. The average molecular weight is 414 g/mol. The van der Waals surface area contributed by atoms with Crippen LogP contribution in [-0.4, -0.2) is 18.0 Å². The van der Waals surface area contributed by atoms with E-state index in [0.717, 1.165) is 6.54 Å². The normalized spacial score (nSPS) is 11.6. The van der Waals surface area contributed by atoms with Crippen LogP contribution in [0.5, 0.6) is 5.75 Å². The third kappa shape index (κ3) is 3.91. The largest absolute Gasteiger partial charge is 0.483 e. The fourth-order valence-corrected chi connectivity index (χ4v) is 3.84. The second-order valence-corrected chi connectivity index (χ2v) is 7.93. The summed E-state index contributed by atoms with van der Waals surface area (Å²) < 4.78 is 31.2. The van der Waals surface area contributed by atoms with E-state index >= 15 is 0 Å². The standard InChI is InChI=1S/C12H11BrCl2N2O3S/c1-2-17-4-3-16-11(17)7-20-12-9(14)5-8(13)6-10(12)21(15,18)19/h3-6H,2,7H2,1H3. The number of aryl methyl sites for hydroxylation is 1. The van der Waals surface area contributed by atoms with E-state index in [-0.39, 0.29) is 22.3 Å². The molecule has 21 heavy (non-hydrogen) atoms. The van der Waals surface area contributed by atoms with Gasteiger partial charge in [0.2, 0.25) is 0 Å². The second-order valence-electron chi connectivity index (χ2n) is 4.07. The Bertz CT molecular complexity index is 762. The fourth-order valence-electron chi connectivity index (χ4n) is 1.76. The van der Waals surface area contributed by atoms with Gasteiger partial charge in [0.05, 0.1) is 5.02 Å². The molecule has 2 rings (SSSR count). The Balaban J connectivity index is 2.36. The molecule has 0 aliphatic carbocycles. The first kappa shape index (κ1) is 16.6. The van der Waals surface area contributed by atoms with E-state index < -0.39 is 9.05 Å². The minimum absolute atomic E-state index is 0.0144. The Morgan fingerprint density at radius 2 is 2.14 bits per heavy atom. The lowest BCUT2D eigenvalue weighted by Crippen LogP contribution is -2.07. The van der Waals surface area contributed by atoms with Crippen molar-refractivity contribution in [1.82, 2.24) is 9.55 Å². The Hall–Kier alpha value is -0.760. The first-order valence-corrected chi connectivity index (χ1v) is 9.37. The highest BCUT2D eigenvalue weighted by molar-refractivity contribution is 9.10. The molecule has 0 amide bonds. The van der Waals surface area contributed by atoms with Crippen LogP contribution in [0.2, 0.25) is 5.02 Å². The first-order valence-electron chi connectivity index (χ1n) is 5.89. The van der Waals surface area contributed by atoms with Crippen molar-refractivity contribution in [1.29, 1.82) is 0 Å². The lowest BCUT2D eigenvalue weighted by atomic mass is 10.3. The van der Waals surface area contributed by atoms with Crippen LogP contribution in [0, 0.1) is 0 Å². The zero-order valence-corrected chi connectivity index (χ0v) is 14.8. The third-order valence-electron chi connectivity index (χ3n) is 2.72. The van der Waals surface area contributed by atoms with Gasteiger partial charge in [-0.25, -0.2) is 13.4 Å². The molecule has 9 heteroatoms. The molecule has 0 saturated heterocycles. The summed E-state index contributed by atoms with van der Waals surface area (Å²) in [4.78, 5) is 3.96. The predicted octanol–water partition coefficient (Wildman–Crippen LogP) is 3.83. The number of imidazole rings is 1. The summed E-state index contributed by atoms with van der Waals surface area (Å²) in [5.41, 5.74) is 0. The SMILES string of the molecule is CCn1ccnc1COc1c(Cl)cc(Br)cc1S(=O)(=O)Cl. The maximum Gasteiger partial charge on any atom is 0.265 e. The number of halogens is 3. The molecule has 0 spiro atoms. The topological polar surface area (TPSA) is 61.2 Å². The minimum atomic E-state index is -3.98. The summed E-state index contributed by atoms with van der Waals surface area (Å²) in [6.07, 6.45) is 3.45. The average Bonchev–Trinajstić information content (AvgIpc) is 2.83. The Morgan fingerprint density at radius 3 is 2.76 bits per heavy atom. The number of ether oxygens (including phenoxy) is 1. The molecular formula is C12H11BrCl2N2O3S. The van der Waals surface area contributed by atoms with Crippen LogP contribution < -0.4 is 4.74 Å². The number of benzene rings is 1. The van der Waals surface area contributed by atoms with Crippen molar-refractivity contribution in [3.63, 3.8) is 0 Å². The van der Waals surface area contributed by atoms with Crippen molar-refractivity contribution in [3.8, 4) is 5.75 Å². The van der Waals surface area contributed by atoms with Crippen molar-refractivity contribution in [3.05, 3.63) is 39.8 Å². The van der Waals surface area contributed by atoms with Gasteiger partial charge in [-0.05, 0) is 19.1 Å². The molecule has 1 heterocycles. The molecule has 0 bridgehead atoms. The van der Waals surface area contributed by atoms with E-state index in [4.69, 9.17) is 27.0 Å². The molecule has 0 atom stereocenters. The molecule has 0 N–H and O–H groups in total. The molecule has 0 saturated carbocycles. The quantitative estimate of drug-likeness (QED) is 0.699. The lowest BCUT2D eigenvalue weighted by Gasteiger charge is -2.12. The van der Waals surface area contributed by atoms with Gasteiger partial charge in [-0.15, -0.1) is 0 Å². The summed E-state index contributed by atoms with van der Waals surface area (Å²) in [6.45, 7) is 2.78. The van der Waals surface area contributed by atoms with Crippen molar-refractivity contribution in [2.45, 2.75) is 25.0 Å². The maximum absolute atomic E-state index is 11.6. The van der Waals surface area contributed by atoms with Gasteiger partial charge < -0.3 is 9.30 Å². The van der Waals surface area contributed by atoms with Gasteiger partial charge in [-0.2, -0.15) is 0 Å². The van der Waals surface area contributed by atoms with Crippen molar-refractivity contribution < 1.29 is 13.2 Å². The van der Waals surface area contributed by atoms with E-state index in [1.807, 2.05) is 11.5 Å². The van der Waals surface area contributed by atoms with E-state index in [0.29, 0.717) is 10.3 Å². The monoisotopic (exact) mass is 412 g/mol. The molecule has 0 radical (unpaired) electrons. The molecule has 1 aromatic carbocycles. The Morgan fingerprint density at radius 1 is 1.43 bits per heavy atom. The first-order chi connectivity index (χ1) is 9.82. The fraction of sp³-hybridized carbons (Fsp3) is 0.250. The van der Waals surface area contributed by atoms with E-state index in [1.54, 1.807) is 12.4 Å². The Kier molecular flexibility index (Phi) is 5.19. The minimum Gasteiger partial charge on any atom is -0.483 e. The summed E-state index contributed by atoms with van der Waals surface area (Å²) >= 11 is 9.22. The van der Waals surface area contributed by atoms with Crippen LogP contribution in [0.15, 0.2) is 33.9 Å². The van der Waals surface area contributed by atoms with E-state index in [9.17, 15) is 8.42 Å². The van der Waals surface area contributed by atoms with Gasteiger partial charge in [0, 0.05) is 34.1 Å². The van der Waals surface area contributed by atoms with Gasteiger partial charge in [-0.1, -0.05) is 27.5 Å². The number of hydrogen-bond acceptors (Lipinski definition) is 4. The molecule has 1 aromatic heterocycles. The van der Waals surface area contributed by atoms with Crippen molar-refractivity contribution in [2.24, 2.45) is 0 Å². The molecule has 0 aliphatic rings. The van der Waals surface area contributed by atoms with Crippen LogP contribution in [0.4, 0.5) is 0 Å². The zero-order chi connectivity index (χ0) is 15.6. The van der Waals surface area contributed by atoms with Gasteiger partial charge >= 0.3 is 0 Å². The van der Waals surface area contributed by atoms with E-state index in [1.165, 1.54) is 12.1 Å². The van der Waals surface area contributed by atoms with Gasteiger partial charge in [0.15, 0.2) is 5.75 Å². The van der Waals surface area contributed by atoms with Gasteiger partial charge in [0.1, 0.15) is 17.3 Å². The van der Waals surface area contributed by atoms with Crippen molar-refractivity contribution in [2.75, 3.05) is 0 Å². The highest BCUT2D eigenvalue weighted by Crippen LogP contribution is 2.37. The van der Waals surface area contributed by atoms with E-state index in [2.05, 4.69) is 20.9 Å². The van der Waals surface area contributed by atoms with Crippen LogP contribution in [0.1, 0.15) is 12.7 Å². The molecular weight excluding hydrogens is 403 g/mol. The zero-order valence-electron chi connectivity index (χ0n) is 10.9. The van der Waals surface area contributed by atoms with Crippen LogP contribution in [0.3, 0.4) is 0 Å². The molecule has 5 nitrogen and oxygen atoms in total. The summed E-state index contributed by atoms with van der Waals surface area (Å²) in [7, 11) is 1.44. The number of aromatic nitrogens is 2. The second kappa shape index (κ2) is 6.56. The number of nitrogens with zero attached hydrogens (tertiary/aromatic N) is 2. The van der Waals surface area contributed by atoms with Crippen LogP contribution in [-0.2, 0) is 22.2 Å². The number of rotatable bonds is 5. The lowest BCUT2D eigenvalue weighted by molar-refractivity contribution is 0.282. The summed E-state index contributed by atoms with van der Waals surface area (Å²) in [6, 6.07) is 2.88.